The van der Waals surface area contributed by atoms with Gasteiger partial charge in [-0.05, 0) is 62.4 Å². The van der Waals surface area contributed by atoms with E-state index in [1.807, 2.05) is 0 Å². The van der Waals surface area contributed by atoms with Crippen molar-refractivity contribution < 1.29 is 33.3 Å². The molecule has 4 rings (SSSR count). The first-order valence-corrected chi connectivity index (χ1v) is 13.8. The Morgan fingerprint density at radius 3 is 2.44 bits per heavy atom. The Labute approximate surface area is 230 Å². The maximum absolute atomic E-state index is 13.2. The van der Waals surface area contributed by atoms with E-state index in [0.717, 1.165) is 74.8 Å². The van der Waals surface area contributed by atoms with Crippen molar-refractivity contribution in [1.29, 1.82) is 0 Å². The number of carboxylic acid groups (broad SMARTS) is 2. The van der Waals surface area contributed by atoms with Gasteiger partial charge in [0.05, 0.1) is 12.6 Å². The topological polar surface area (TPSA) is 111 Å². The molecule has 2 heterocycles. The third-order valence-corrected chi connectivity index (χ3v) is 7.06. The average molecular weight is 562 g/mol. The summed E-state index contributed by atoms with van der Waals surface area (Å²) in [5.74, 6) is -2.85. The second-order valence-electron chi connectivity index (χ2n) is 9.07. The number of anilines is 1. The maximum atomic E-state index is 13.2. The number of likely N-dealkylation sites (tertiary alicyclic amines) is 1. The number of fused-ring (bicyclic) bond motifs is 1. The molecule has 0 aromatic heterocycles. The molecule has 1 saturated heterocycles. The van der Waals surface area contributed by atoms with E-state index in [9.17, 15) is 18.4 Å². The van der Waals surface area contributed by atoms with Gasteiger partial charge in [0.1, 0.15) is 5.75 Å². The predicted molar refractivity (Wildman–Crippen MR) is 148 cm³/mol. The molecule has 39 heavy (non-hydrogen) atoms. The molecule has 0 amide bonds. The van der Waals surface area contributed by atoms with Crippen LogP contribution in [0.1, 0.15) is 37.7 Å². The predicted octanol–water partition coefficient (Wildman–Crippen LogP) is 5.41. The standard InChI is InChI=1S/C24H29F2N3OS.C4H4O4/c25-21-9-8-20(16-22(21)26)30-15-5-1-4-12-29-13-10-19(11-14-29)27-24-28-23-7-3-2-6-18(23)17-31-24;5-3(6)1-2-4(7)8/h2-3,6-9,16,19H,1,4-5,10-15,17H2,(H,27,28);1-2H,(H,5,6)(H,7,8)/b;2-1+. The summed E-state index contributed by atoms with van der Waals surface area (Å²) in [5.41, 5.74) is 2.53. The van der Waals surface area contributed by atoms with Crippen LogP contribution < -0.4 is 10.1 Å². The molecule has 1 fully saturated rings. The van der Waals surface area contributed by atoms with Crippen LogP contribution in [0.5, 0.6) is 5.75 Å². The molecular weight excluding hydrogens is 528 g/mol. The van der Waals surface area contributed by atoms with Crippen LogP contribution in [0.2, 0.25) is 0 Å². The van der Waals surface area contributed by atoms with Crippen molar-refractivity contribution >= 4 is 34.6 Å². The summed E-state index contributed by atoms with van der Waals surface area (Å²) in [7, 11) is 0. The van der Waals surface area contributed by atoms with E-state index >= 15 is 0 Å². The van der Waals surface area contributed by atoms with Gasteiger partial charge in [-0.3, -0.25) is 4.99 Å². The lowest BCUT2D eigenvalue weighted by Crippen LogP contribution is -2.36. The fraction of sp³-hybridized carbons (Fsp3) is 0.393. The first kappa shape index (κ1) is 30.1. The fourth-order valence-electron chi connectivity index (χ4n) is 4.09. The molecule has 0 aliphatic carbocycles. The Balaban J connectivity index is 0.000000459. The Morgan fingerprint density at radius 1 is 1.03 bits per heavy atom. The van der Waals surface area contributed by atoms with Crippen LogP contribution in [0.4, 0.5) is 14.5 Å². The van der Waals surface area contributed by atoms with Gasteiger partial charge < -0.3 is 25.2 Å². The van der Waals surface area contributed by atoms with Crippen LogP contribution in [-0.2, 0) is 15.3 Å². The van der Waals surface area contributed by atoms with E-state index in [0.29, 0.717) is 30.6 Å². The fourth-order valence-corrected chi connectivity index (χ4v) is 5.04. The minimum absolute atomic E-state index is 0.386. The van der Waals surface area contributed by atoms with E-state index in [4.69, 9.17) is 19.9 Å². The number of hydrogen-bond donors (Lipinski definition) is 3. The number of ether oxygens (including phenoxy) is 1. The van der Waals surface area contributed by atoms with Crippen molar-refractivity contribution in [3.05, 3.63) is 71.8 Å². The lowest BCUT2D eigenvalue weighted by Gasteiger charge is -2.31. The summed E-state index contributed by atoms with van der Waals surface area (Å²) in [5, 5.41) is 20.2. The summed E-state index contributed by atoms with van der Waals surface area (Å²) < 4.78 is 31.6. The number of halogens is 2. The van der Waals surface area contributed by atoms with Gasteiger partial charge in [0.15, 0.2) is 16.8 Å². The number of carboxylic acids is 2. The molecule has 210 valence electrons. The average Bonchev–Trinajstić information content (AvgIpc) is 2.92. The number of unbranched alkanes of at least 4 members (excludes halogenated alkanes) is 2. The van der Waals surface area contributed by atoms with Crippen molar-refractivity contribution in [1.82, 2.24) is 4.90 Å². The Kier molecular flexibility index (Phi) is 12.2. The molecule has 2 aliphatic heterocycles. The minimum atomic E-state index is -1.26. The molecular formula is C28H33F2N3O5S. The molecule has 0 radical (unpaired) electrons. The van der Waals surface area contributed by atoms with Gasteiger partial charge in [0.25, 0.3) is 0 Å². The molecule has 2 aromatic carbocycles. The highest BCUT2D eigenvalue weighted by molar-refractivity contribution is 8.13. The molecule has 3 N–H and O–H groups in total. The van der Waals surface area contributed by atoms with Crippen LogP contribution in [0.3, 0.4) is 0 Å². The Bertz CT molecular complexity index is 1150. The van der Waals surface area contributed by atoms with Crippen LogP contribution in [0.25, 0.3) is 0 Å². The number of benzene rings is 2. The van der Waals surface area contributed by atoms with Crippen molar-refractivity contribution in [2.75, 3.05) is 31.6 Å². The molecule has 0 saturated carbocycles. The summed E-state index contributed by atoms with van der Waals surface area (Å²) in [6.07, 6.45) is 6.41. The number of para-hydroxylation sites is 1. The molecule has 2 aliphatic rings. The zero-order valence-corrected chi connectivity index (χ0v) is 22.3. The number of nitrogens with zero attached hydrogens (tertiary/aromatic N) is 2. The van der Waals surface area contributed by atoms with E-state index in [1.54, 1.807) is 11.8 Å². The number of piperidine rings is 1. The summed E-state index contributed by atoms with van der Waals surface area (Å²) in [6, 6.07) is 12.5. The molecule has 0 bridgehead atoms. The number of carbonyl (C=O) groups is 2. The van der Waals surface area contributed by atoms with Gasteiger partial charge in [-0.25, -0.2) is 18.4 Å². The maximum Gasteiger partial charge on any atom is 0.328 e. The van der Waals surface area contributed by atoms with Crippen LogP contribution in [-0.4, -0.2) is 64.5 Å². The molecule has 0 atom stereocenters. The van der Waals surface area contributed by atoms with E-state index in [-0.39, 0.29) is 0 Å². The monoisotopic (exact) mass is 561 g/mol. The number of aliphatic imine (C=N–C) groups is 1. The highest BCUT2D eigenvalue weighted by Gasteiger charge is 2.20. The second kappa shape index (κ2) is 15.8. The van der Waals surface area contributed by atoms with Gasteiger partial charge in [-0.15, -0.1) is 0 Å². The van der Waals surface area contributed by atoms with Crippen molar-refractivity contribution in [3.8, 4) is 5.75 Å². The molecule has 0 unspecified atom stereocenters. The number of rotatable bonds is 10. The Hall–Kier alpha value is -3.44. The number of aliphatic carboxylic acids is 2. The van der Waals surface area contributed by atoms with Gasteiger partial charge in [0.2, 0.25) is 0 Å². The van der Waals surface area contributed by atoms with Gasteiger partial charge in [-0.1, -0.05) is 30.0 Å². The third-order valence-electron chi connectivity index (χ3n) is 6.13. The normalized spacial score (nSPS) is 16.7. The number of hydrogen-bond acceptors (Lipinski definition) is 6. The van der Waals surface area contributed by atoms with Crippen LogP contribution in [0.15, 0.2) is 59.6 Å². The van der Waals surface area contributed by atoms with Crippen molar-refractivity contribution in [2.45, 2.75) is 43.9 Å². The molecule has 8 nitrogen and oxygen atoms in total. The number of thioether (sulfide) groups is 1. The van der Waals surface area contributed by atoms with Crippen molar-refractivity contribution in [2.24, 2.45) is 4.99 Å². The van der Waals surface area contributed by atoms with Gasteiger partial charge in [-0.2, -0.15) is 0 Å². The lowest BCUT2D eigenvalue weighted by atomic mass is 10.1. The second-order valence-corrected chi connectivity index (χ2v) is 10.0. The smallest absolute Gasteiger partial charge is 0.328 e. The SMILES string of the molecule is Fc1ccc(OCCCCCN2CCC(N=C3Nc4ccccc4CS3)CC2)cc1F.O=C(O)/C=C/C(=O)O. The quantitative estimate of drug-likeness (QED) is 0.261. The first-order chi connectivity index (χ1) is 18.8. The molecule has 2 aromatic rings. The first-order valence-electron chi connectivity index (χ1n) is 12.8. The van der Waals surface area contributed by atoms with Gasteiger partial charge in [0, 0.05) is 42.7 Å². The number of nitrogens with one attached hydrogen (secondary N) is 1. The Morgan fingerprint density at radius 2 is 1.74 bits per heavy atom. The summed E-state index contributed by atoms with van der Waals surface area (Å²) in [4.78, 5) is 26.6. The molecule has 11 heteroatoms. The van der Waals surface area contributed by atoms with E-state index < -0.39 is 23.6 Å². The molecule has 0 spiro atoms. The highest BCUT2D eigenvalue weighted by Crippen LogP contribution is 2.29. The summed E-state index contributed by atoms with van der Waals surface area (Å²) in [6.45, 7) is 3.80. The highest BCUT2D eigenvalue weighted by atomic mass is 32.2. The lowest BCUT2D eigenvalue weighted by molar-refractivity contribution is -0.134. The van der Waals surface area contributed by atoms with E-state index in [2.05, 4.69) is 34.5 Å². The largest absolute Gasteiger partial charge is 0.493 e. The van der Waals surface area contributed by atoms with E-state index in [1.165, 1.54) is 17.3 Å². The number of amidine groups is 1. The van der Waals surface area contributed by atoms with Crippen LogP contribution in [0, 0.1) is 11.6 Å². The summed E-state index contributed by atoms with van der Waals surface area (Å²) >= 11 is 1.80. The third kappa shape index (κ3) is 11.1. The van der Waals surface area contributed by atoms with Crippen LogP contribution >= 0.6 is 11.8 Å². The minimum Gasteiger partial charge on any atom is -0.493 e. The zero-order valence-electron chi connectivity index (χ0n) is 21.5. The zero-order chi connectivity index (χ0) is 28.0. The van der Waals surface area contributed by atoms with Gasteiger partial charge >= 0.3 is 11.9 Å². The van der Waals surface area contributed by atoms with Crippen molar-refractivity contribution in [3.63, 3.8) is 0 Å².